The molecular formula is C17H22O2. The molecule has 0 amide bonds. The second-order valence-electron chi connectivity index (χ2n) is 6.96. The van der Waals surface area contributed by atoms with Crippen molar-refractivity contribution in [3.63, 3.8) is 0 Å². The Balaban J connectivity index is 1.84. The summed E-state index contributed by atoms with van der Waals surface area (Å²) in [6.45, 7) is 5.82. The van der Waals surface area contributed by atoms with Gasteiger partial charge in [0.1, 0.15) is 5.60 Å². The molecule has 19 heavy (non-hydrogen) atoms. The second kappa shape index (κ2) is 4.09. The Kier molecular flexibility index (Phi) is 2.74. The molecule has 1 aromatic carbocycles. The van der Waals surface area contributed by atoms with Crippen molar-refractivity contribution in [3.05, 3.63) is 35.4 Å². The first-order valence-corrected chi connectivity index (χ1v) is 7.24. The van der Waals surface area contributed by atoms with Crippen LogP contribution in [0.4, 0.5) is 0 Å². The third kappa shape index (κ3) is 2.18. The summed E-state index contributed by atoms with van der Waals surface area (Å²) in [5.41, 5.74) is 2.54. The maximum atomic E-state index is 12.3. The number of esters is 1. The highest BCUT2D eigenvalue weighted by Crippen LogP contribution is 2.60. The van der Waals surface area contributed by atoms with E-state index in [1.165, 1.54) is 17.5 Å². The lowest BCUT2D eigenvalue weighted by atomic mass is 9.78. The SMILES string of the molecule is CC(C)(C)OC(=O)[C@H]1C[C@@]12CCCc1ccccc12. The fraction of sp³-hybridized carbons (Fsp3) is 0.588. The molecule has 0 saturated heterocycles. The van der Waals surface area contributed by atoms with Crippen LogP contribution >= 0.6 is 0 Å². The van der Waals surface area contributed by atoms with Crippen molar-refractivity contribution in [1.29, 1.82) is 0 Å². The van der Waals surface area contributed by atoms with E-state index in [0.29, 0.717) is 0 Å². The number of carbonyl (C=O) groups excluding carboxylic acids is 1. The van der Waals surface area contributed by atoms with Crippen LogP contribution in [-0.2, 0) is 21.4 Å². The highest BCUT2D eigenvalue weighted by Gasteiger charge is 2.61. The van der Waals surface area contributed by atoms with Gasteiger partial charge in [-0.25, -0.2) is 0 Å². The lowest BCUT2D eigenvalue weighted by Gasteiger charge is -2.27. The van der Waals surface area contributed by atoms with Gasteiger partial charge in [0.05, 0.1) is 5.92 Å². The van der Waals surface area contributed by atoms with E-state index in [9.17, 15) is 4.79 Å². The minimum Gasteiger partial charge on any atom is -0.460 e. The normalized spacial score (nSPS) is 28.9. The van der Waals surface area contributed by atoms with E-state index in [0.717, 1.165) is 19.3 Å². The van der Waals surface area contributed by atoms with E-state index < -0.39 is 0 Å². The van der Waals surface area contributed by atoms with Gasteiger partial charge in [0.25, 0.3) is 0 Å². The standard InChI is InChI=1S/C17H22O2/c1-16(2,3)19-15(18)14-11-17(14)10-6-8-12-7-4-5-9-13(12)17/h4-5,7,9,14H,6,8,10-11H2,1-3H3/t14-,17-/m1/s1. The summed E-state index contributed by atoms with van der Waals surface area (Å²) in [5, 5.41) is 0. The molecule has 0 heterocycles. The van der Waals surface area contributed by atoms with E-state index in [-0.39, 0.29) is 22.9 Å². The molecule has 0 bridgehead atoms. The molecule has 102 valence electrons. The van der Waals surface area contributed by atoms with E-state index in [2.05, 4.69) is 24.3 Å². The summed E-state index contributed by atoms with van der Waals surface area (Å²) >= 11 is 0. The van der Waals surface area contributed by atoms with E-state index in [1.54, 1.807) is 0 Å². The summed E-state index contributed by atoms with van der Waals surface area (Å²) in [6.07, 6.45) is 4.45. The molecule has 0 radical (unpaired) electrons. The Labute approximate surface area is 115 Å². The molecule has 1 saturated carbocycles. The summed E-state index contributed by atoms with van der Waals surface area (Å²) in [7, 11) is 0. The molecule has 1 spiro atoms. The average Bonchev–Trinajstić information content (AvgIpc) is 3.03. The van der Waals surface area contributed by atoms with Crippen molar-refractivity contribution >= 4 is 5.97 Å². The molecule has 0 aromatic heterocycles. The maximum absolute atomic E-state index is 12.3. The van der Waals surface area contributed by atoms with Gasteiger partial charge < -0.3 is 4.74 Å². The molecule has 0 unspecified atom stereocenters. The molecule has 0 N–H and O–H groups in total. The molecule has 2 aliphatic rings. The number of rotatable bonds is 1. The van der Waals surface area contributed by atoms with Crippen LogP contribution in [0.15, 0.2) is 24.3 Å². The Hall–Kier alpha value is -1.31. The van der Waals surface area contributed by atoms with Gasteiger partial charge in [-0.1, -0.05) is 24.3 Å². The summed E-state index contributed by atoms with van der Waals surface area (Å²) in [6, 6.07) is 8.61. The number of hydrogen-bond donors (Lipinski definition) is 0. The Morgan fingerprint density at radius 1 is 1.32 bits per heavy atom. The Morgan fingerprint density at radius 2 is 2.05 bits per heavy atom. The van der Waals surface area contributed by atoms with Crippen LogP contribution in [0.5, 0.6) is 0 Å². The van der Waals surface area contributed by atoms with Crippen LogP contribution in [-0.4, -0.2) is 11.6 Å². The number of ether oxygens (including phenoxy) is 1. The largest absolute Gasteiger partial charge is 0.460 e. The zero-order valence-corrected chi connectivity index (χ0v) is 12.0. The molecule has 2 atom stereocenters. The quantitative estimate of drug-likeness (QED) is 0.719. The van der Waals surface area contributed by atoms with Crippen molar-refractivity contribution in [1.82, 2.24) is 0 Å². The van der Waals surface area contributed by atoms with Gasteiger partial charge in [-0.15, -0.1) is 0 Å². The third-order valence-corrected chi connectivity index (χ3v) is 4.39. The minimum atomic E-state index is -0.380. The predicted molar refractivity (Wildman–Crippen MR) is 75.0 cm³/mol. The van der Waals surface area contributed by atoms with E-state index >= 15 is 0 Å². The minimum absolute atomic E-state index is 0.01000. The second-order valence-corrected chi connectivity index (χ2v) is 6.96. The number of hydrogen-bond acceptors (Lipinski definition) is 2. The first-order chi connectivity index (χ1) is 8.92. The van der Waals surface area contributed by atoms with Gasteiger partial charge in [-0.3, -0.25) is 4.79 Å². The number of aryl methyl sites for hydroxylation is 1. The molecule has 0 aliphatic heterocycles. The topological polar surface area (TPSA) is 26.3 Å². The van der Waals surface area contributed by atoms with Gasteiger partial charge in [-0.2, -0.15) is 0 Å². The summed E-state index contributed by atoms with van der Waals surface area (Å²) < 4.78 is 5.57. The van der Waals surface area contributed by atoms with Gasteiger partial charge in [0.15, 0.2) is 0 Å². The van der Waals surface area contributed by atoms with Gasteiger partial charge in [0, 0.05) is 5.41 Å². The third-order valence-electron chi connectivity index (χ3n) is 4.39. The highest BCUT2D eigenvalue weighted by molar-refractivity contribution is 5.80. The van der Waals surface area contributed by atoms with Crippen LogP contribution in [0.2, 0.25) is 0 Å². The Bertz CT molecular complexity index is 512. The fourth-order valence-electron chi connectivity index (χ4n) is 3.51. The molecule has 2 aliphatic carbocycles. The van der Waals surface area contributed by atoms with Crippen LogP contribution in [0, 0.1) is 5.92 Å². The molecule has 2 heteroatoms. The lowest BCUT2D eigenvalue weighted by Crippen LogP contribution is -2.28. The Morgan fingerprint density at radius 3 is 2.79 bits per heavy atom. The fourth-order valence-corrected chi connectivity index (χ4v) is 3.51. The summed E-state index contributed by atoms with van der Waals surface area (Å²) in [5.74, 6) is 0.0670. The molecule has 1 fully saturated rings. The van der Waals surface area contributed by atoms with Gasteiger partial charge in [-0.05, 0) is 57.6 Å². The number of benzene rings is 1. The monoisotopic (exact) mass is 258 g/mol. The smallest absolute Gasteiger partial charge is 0.310 e. The lowest BCUT2D eigenvalue weighted by molar-refractivity contribution is -0.157. The molecular weight excluding hydrogens is 236 g/mol. The zero-order chi connectivity index (χ0) is 13.7. The first-order valence-electron chi connectivity index (χ1n) is 7.24. The van der Waals surface area contributed by atoms with E-state index in [1.807, 2.05) is 20.8 Å². The average molecular weight is 258 g/mol. The zero-order valence-electron chi connectivity index (χ0n) is 12.0. The van der Waals surface area contributed by atoms with Crippen LogP contribution in [0.25, 0.3) is 0 Å². The van der Waals surface area contributed by atoms with Crippen molar-refractivity contribution in [2.24, 2.45) is 5.92 Å². The van der Waals surface area contributed by atoms with Crippen LogP contribution in [0.1, 0.15) is 51.2 Å². The van der Waals surface area contributed by atoms with Crippen molar-refractivity contribution in [2.45, 2.75) is 57.5 Å². The summed E-state index contributed by atoms with van der Waals surface area (Å²) in [4.78, 5) is 12.3. The number of fused-ring (bicyclic) bond motifs is 2. The molecule has 3 rings (SSSR count). The van der Waals surface area contributed by atoms with Crippen molar-refractivity contribution in [2.75, 3.05) is 0 Å². The van der Waals surface area contributed by atoms with Crippen molar-refractivity contribution in [3.8, 4) is 0 Å². The van der Waals surface area contributed by atoms with Crippen molar-refractivity contribution < 1.29 is 9.53 Å². The molecule has 2 nitrogen and oxygen atoms in total. The maximum Gasteiger partial charge on any atom is 0.310 e. The van der Waals surface area contributed by atoms with Crippen LogP contribution in [0.3, 0.4) is 0 Å². The van der Waals surface area contributed by atoms with Crippen LogP contribution < -0.4 is 0 Å². The first kappa shape index (κ1) is 12.7. The predicted octanol–water partition coefficient (Wildman–Crippen LogP) is 3.62. The van der Waals surface area contributed by atoms with E-state index in [4.69, 9.17) is 4.74 Å². The highest BCUT2D eigenvalue weighted by atomic mass is 16.6. The molecule has 1 aromatic rings. The van der Waals surface area contributed by atoms with Gasteiger partial charge >= 0.3 is 5.97 Å². The van der Waals surface area contributed by atoms with Gasteiger partial charge in [0.2, 0.25) is 0 Å². The number of carbonyl (C=O) groups is 1.